The highest BCUT2D eigenvalue weighted by Gasteiger charge is 2.18. The lowest BCUT2D eigenvalue weighted by Crippen LogP contribution is -2.16. The zero-order valence-corrected chi connectivity index (χ0v) is 12.2. The average molecular weight is 306 g/mol. The maximum absolute atomic E-state index is 12.0. The average Bonchev–Trinajstić information content (AvgIpc) is 2.55. The summed E-state index contributed by atoms with van der Waals surface area (Å²) in [5.41, 5.74) is 0.270. The number of esters is 2. The molecular weight excluding hydrogens is 288 g/mol. The summed E-state index contributed by atoms with van der Waals surface area (Å²) in [5.74, 6) is -1.25. The van der Waals surface area contributed by atoms with Crippen LogP contribution in [-0.4, -0.2) is 38.4 Å². The Balaban J connectivity index is 2.63. The van der Waals surface area contributed by atoms with Crippen molar-refractivity contribution in [3.63, 3.8) is 0 Å². The van der Waals surface area contributed by atoms with E-state index < -0.39 is 11.9 Å². The molecule has 0 atom stereocenters. The molecule has 118 valence electrons. The van der Waals surface area contributed by atoms with Gasteiger partial charge in [0.1, 0.15) is 26.4 Å². The second-order valence-electron chi connectivity index (χ2n) is 3.89. The monoisotopic (exact) mass is 306 g/mol. The molecular formula is C16H18O6. The molecule has 0 heterocycles. The first kappa shape index (κ1) is 17.3. The van der Waals surface area contributed by atoms with Crippen LogP contribution in [-0.2, 0) is 18.9 Å². The van der Waals surface area contributed by atoms with Crippen molar-refractivity contribution in [2.45, 2.75) is 0 Å². The summed E-state index contributed by atoms with van der Waals surface area (Å²) < 4.78 is 19.7. The van der Waals surface area contributed by atoms with Gasteiger partial charge in [0, 0.05) is 0 Å². The van der Waals surface area contributed by atoms with E-state index in [4.69, 9.17) is 18.9 Å². The lowest BCUT2D eigenvalue weighted by molar-refractivity contribution is 0.0377. The molecule has 6 nitrogen and oxygen atoms in total. The molecule has 1 rings (SSSR count). The molecule has 1 aromatic rings. The summed E-state index contributed by atoms with van der Waals surface area (Å²) in [6.45, 7) is 7.25. The van der Waals surface area contributed by atoms with Crippen LogP contribution in [0.3, 0.4) is 0 Å². The lowest BCUT2D eigenvalue weighted by atomic mass is 10.1. The van der Waals surface area contributed by atoms with E-state index in [1.54, 1.807) is 12.1 Å². The Labute approximate surface area is 128 Å². The maximum Gasteiger partial charge on any atom is 0.339 e. The Morgan fingerprint density at radius 3 is 1.59 bits per heavy atom. The van der Waals surface area contributed by atoms with Gasteiger partial charge in [-0.2, -0.15) is 0 Å². The third-order valence-corrected chi connectivity index (χ3v) is 2.47. The number of carbonyl (C=O) groups excluding carboxylic acids is 2. The van der Waals surface area contributed by atoms with Crippen molar-refractivity contribution in [1.29, 1.82) is 0 Å². The van der Waals surface area contributed by atoms with Crippen LogP contribution in [0.4, 0.5) is 0 Å². The van der Waals surface area contributed by atoms with Crippen LogP contribution in [0.1, 0.15) is 20.7 Å². The minimum absolute atomic E-state index is 0.0570. The molecule has 6 heteroatoms. The first-order chi connectivity index (χ1) is 10.7. The Hall–Kier alpha value is -2.76. The fourth-order valence-electron chi connectivity index (χ4n) is 1.53. The zero-order chi connectivity index (χ0) is 16.2. The Morgan fingerprint density at radius 1 is 0.818 bits per heavy atom. The maximum atomic E-state index is 12.0. The summed E-state index contributed by atoms with van der Waals surface area (Å²) in [6, 6.07) is 6.25. The molecule has 22 heavy (non-hydrogen) atoms. The van der Waals surface area contributed by atoms with Crippen LogP contribution < -0.4 is 0 Å². The van der Waals surface area contributed by atoms with Crippen LogP contribution >= 0.6 is 0 Å². The normalized spacial score (nSPS) is 9.45. The van der Waals surface area contributed by atoms with Gasteiger partial charge < -0.3 is 18.9 Å². The van der Waals surface area contributed by atoms with Crippen molar-refractivity contribution in [1.82, 2.24) is 0 Å². The highest BCUT2D eigenvalue weighted by atomic mass is 16.6. The summed E-state index contributed by atoms with van der Waals surface area (Å²) in [5, 5.41) is 0. The molecule has 0 N–H and O–H groups in total. The smallest absolute Gasteiger partial charge is 0.339 e. The third kappa shape index (κ3) is 5.70. The number of benzene rings is 1. The summed E-state index contributed by atoms with van der Waals surface area (Å²) in [6.07, 6.45) is 2.51. The molecule has 0 amide bonds. The van der Waals surface area contributed by atoms with Crippen LogP contribution in [0, 0.1) is 0 Å². The second-order valence-corrected chi connectivity index (χ2v) is 3.89. The standard InChI is InChI=1S/C16H18O6/c1-3-19-9-11-21-15(17)13-7-5-6-8-14(13)16(18)22-12-10-20-4-2/h3-8H,1-2,9-12H2. The van der Waals surface area contributed by atoms with E-state index in [1.807, 2.05) is 0 Å². The Kier molecular flexibility index (Phi) is 7.89. The molecule has 1 aromatic carbocycles. The molecule has 0 bridgehead atoms. The topological polar surface area (TPSA) is 71.1 Å². The predicted molar refractivity (Wildman–Crippen MR) is 79.3 cm³/mol. The van der Waals surface area contributed by atoms with Crippen molar-refractivity contribution < 1.29 is 28.5 Å². The van der Waals surface area contributed by atoms with E-state index in [-0.39, 0.29) is 37.6 Å². The first-order valence-corrected chi connectivity index (χ1v) is 6.59. The number of hydrogen-bond donors (Lipinski definition) is 0. The van der Waals surface area contributed by atoms with Gasteiger partial charge >= 0.3 is 11.9 Å². The van der Waals surface area contributed by atoms with Crippen molar-refractivity contribution in [3.05, 3.63) is 61.1 Å². The van der Waals surface area contributed by atoms with E-state index in [0.717, 1.165) is 0 Å². The lowest BCUT2D eigenvalue weighted by Gasteiger charge is -2.09. The van der Waals surface area contributed by atoms with E-state index >= 15 is 0 Å². The van der Waals surface area contributed by atoms with Crippen LogP contribution in [0.15, 0.2) is 49.9 Å². The van der Waals surface area contributed by atoms with Gasteiger partial charge in [0.25, 0.3) is 0 Å². The van der Waals surface area contributed by atoms with Gasteiger partial charge in [-0.05, 0) is 12.1 Å². The van der Waals surface area contributed by atoms with Crippen LogP contribution in [0.25, 0.3) is 0 Å². The van der Waals surface area contributed by atoms with Gasteiger partial charge in [-0.1, -0.05) is 25.3 Å². The van der Waals surface area contributed by atoms with Crippen molar-refractivity contribution in [2.75, 3.05) is 26.4 Å². The number of hydrogen-bond acceptors (Lipinski definition) is 6. The Bertz CT molecular complexity index is 476. The predicted octanol–water partition coefficient (Wildman–Crippen LogP) is 2.32. The second kappa shape index (κ2) is 10.0. The molecule has 0 fully saturated rings. The molecule has 0 unspecified atom stereocenters. The molecule has 0 spiro atoms. The van der Waals surface area contributed by atoms with Crippen LogP contribution in [0.2, 0.25) is 0 Å². The molecule has 0 aliphatic carbocycles. The number of carbonyl (C=O) groups is 2. The summed E-state index contributed by atoms with van der Waals surface area (Å²) in [4.78, 5) is 23.9. The van der Waals surface area contributed by atoms with Gasteiger partial charge in [-0.15, -0.1) is 0 Å². The quantitative estimate of drug-likeness (QED) is 0.375. The largest absolute Gasteiger partial charge is 0.498 e. The van der Waals surface area contributed by atoms with Gasteiger partial charge in [-0.3, -0.25) is 0 Å². The fraction of sp³-hybridized carbons (Fsp3) is 0.250. The van der Waals surface area contributed by atoms with Crippen molar-refractivity contribution >= 4 is 11.9 Å². The highest BCUT2D eigenvalue weighted by molar-refractivity contribution is 6.03. The summed E-state index contributed by atoms with van der Waals surface area (Å²) in [7, 11) is 0. The SMILES string of the molecule is C=COCCOC(=O)c1ccccc1C(=O)OCCOC=C. The molecule has 0 aromatic heterocycles. The van der Waals surface area contributed by atoms with E-state index in [0.29, 0.717) is 0 Å². The summed E-state index contributed by atoms with van der Waals surface area (Å²) >= 11 is 0. The number of rotatable bonds is 10. The van der Waals surface area contributed by atoms with E-state index in [2.05, 4.69) is 13.2 Å². The number of ether oxygens (including phenoxy) is 4. The molecule has 0 aliphatic rings. The van der Waals surface area contributed by atoms with Gasteiger partial charge in [0.2, 0.25) is 0 Å². The molecule has 0 saturated heterocycles. The minimum Gasteiger partial charge on any atom is -0.498 e. The third-order valence-electron chi connectivity index (χ3n) is 2.47. The van der Waals surface area contributed by atoms with Gasteiger partial charge in [0.15, 0.2) is 0 Å². The minimum atomic E-state index is -0.623. The van der Waals surface area contributed by atoms with E-state index in [1.165, 1.54) is 24.7 Å². The molecule has 0 aliphatic heterocycles. The van der Waals surface area contributed by atoms with E-state index in [9.17, 15) is 9.59 Å². The van der Waals surface area contributed by atoms with Crippen LogP contribution in [0.5, 0.6) is 0 Å². The van der Waals surface area contributed by atoms with Crippen molar-refractivity contribution in [3.8, 4) is 0 Å². The molecule has 0 saturated carbocycles. The zero-order valence-electron chi connectivity index (χ0n) is 12.2. The fourth-order valence-corrected chi connectivity index (χ4v) is 1.53. The van der Waals surface area contributed by atoms with Gasteiger partial charge in [-0.25, -0.2) is 9.59 Å². The first-order valence-electron chi connectivity index (χ1n) is 6.59. The molecule has 0 radical (unpaired) electrons. The highest BCUT2D eigenvalue weighted by Crippen LogP contribution is 2.12. The Morgan fingerprint density at radius 2 is 1.23 bits per heavy atom. The van der Waals surface area contributed by atoms with Gasteiger partial charge in [0.05, 0.1) is 23.7 Å². The van der Waals surface area contributed by atoms with Crippen molar-refractivity contribution in [2.24, 2.45) is 0 Å².